The standard InChI is InChI=1S/C11H20N2/c1-2-3-7-13-8-10-5-4-6-12-11(10)9-13/h2-3,10-12H,4-9H2,1H3/b3-2+. The van der Waals surface area contributed by atoms with Crippen LogP contribution in [-0.4, -0.2) is 37.1 Å². The van der Waals surface area contributed by atoms with Gasteiger partial charge in [-0.3, -0.25) is 4.90 Å². The number of fused-ring (bicyclic) bond motifs is 1. The number of rotatable bonds is 2. The van der Waals surface area contributed by atoms with Crippen LogP contribution in [0.1, 0.15) is 19.8 Å². The van der Waals surface area contributed by atoms with Gasteiger partial charge in [-0.1, -0.05) is 12.2 Å². The van der Waals surface area contributed by atoms with Crippen molar-refractivity contribution in [3.05, 3.63) is 12.2 Å². The lowest BCUT2D eigenvalue weighted by molar-refractivity contribution is 0.335. The van der Waals surface area contributed by atoms with Crippen LogP contribution < -0.4 is 5.32 Å². The topological polar surface area (TPSA) is 15.3 Å². The minimum absolute atomic E-state index is 0.791. The van der Waals surface area contributed by atoms with E-state index in [0.717, 1.165) is 18.5 Å². The molecule has 1 N–H and O–H groups in total. The van der Waals surface area contributed by atoms with Gasteiger partial charge in [-0.2, -0.15) is 0 Å². The Kier molecular flexibility index (Phi) is 3.01. The monoisotopic (exact) mass is 180 g/mol. The Morgan fingerprint density at radius 3 is 3.15 bits per heavy atom. The Morgan fingerprint density at radius 2 is 2.38 bits per heavy atom. The molecule has 2 heterocycles. The summed E-state index contributed by atoms with van der Waals surface area (Å²) in [6.07, 6.45) is 7.22. The molecule has 74 valence electrons. The van der Waals surface area contributed by atoms with E-state index in [0.29, 0.717) is 0 Å². The molecule has 2 atom stereocenters. The molecule has 0 saturated carbocycles. The third-order valence-corrected chi connectivity index (χ3v) is 3.27. The lowest BCUT2D eigenvalue weighted by atomic mass is 9.94. The largest absolute Gasteiger partial charge is 0.312 e. The number of piperidine rings is 1. The second kappa shape index (κ2) is 4.25. The Morgan fingerprint density at radius 1 is 1.46 bits per heavy atom. The molecule has 0 aliphatic carbocycles. The van der Waals surface area contributed by atoms with Gasteiger partial charge in [0.25, 0.3) is 0 Å². The maximum atomic E-state index is 3.62. The van der Waals surface area contributed by atoms with Crippen LogP contribution in [0.3, 0.4) is 0 Å². The maximum absolute atomic E-state index is 3.62. The molecule has 0 aromatic carbocycles. The summed E-state index contributed by atoms with van der Waals surface area (Å²) < 4.78 is 0. The van der Waals surface area contributed by atoms with Gasteiger partial charge in [0, 0.05) is 25.7 Å². The first-order valence-electron chi connectivity index (χ1n) is 5.47. The molecule has 0 aromatic heterocycles. The molecular formula is C11H20N2. The number of nitrogens with one attached hydrogen (secondary N) is 1. The van der Waals surface area contributed by atoms with Gasteiger partial charge in [0.15, 0.2) is 0 Å². The SMILES string of the molecule is C/C=C/CN1CC2CCCNC2C1. The zero-order valence-electron chi connectivity index (χ0n) is 8.50. The third-order valence-electron chi connectivity index (χ3n) is 3.27. The summed E-state index contributed by atoms with van der Waals surface area (Å²) in [5.41, 5.74) is 0. The lowest BCUT2D eigenvalue weighted by Crippen LogP contribution is -2.40. The first-order chi connectivity index (χ1) is 6.40. The molecule has 2 fully saturated rings. The van der Waals surface area contributed by atoms with Gasteiger partial charge in [-0.05, 0) is 32.2 Å². The average Bonchev–Trinajstić information content (AvgIpc) is 2.57. The molecule has 0 radical (unpaired) electrons. The van der Waals surface area contributed by atoms with E-state index < -0.39 is 0 Å². The summed E-state index contributed by atoms with van der Waals surface area (Å²) in [4.78, 5) is 2.56. The van der Waals surface area contributed by atoms with E-state index >= 15 is 0 Å². The zero-order chi connectivity index (χ0) is 9.10. The van der Waals surface area contributed by atoms with Crippen LogP contribution >= 0.6 is 0 Å². The van der Waals surface area contributed by atoms with E-state index in [-0.39, 0.29) is 0 Å². The summed E-state index contributed by atoms with van der Waals surface area (Å²) in [7, 11) is 0. The summed E-state index contributed by atoms with van der Waals surface area (Å²) in [5.74, 6) is 0.930. The van der Waals surface area contributed by atoms with Gasteiger partial charge in [0.05, 0.1) is 0 Å². The summed E-state index contributed by atoms with van der Waals surface area (Å²) in [5, 5.41) is 3.62. The van der Waals surface area contributed by atoms with Crippen molar-refractivity contribution in [2.24, 2.45) is 5.92 Å². The van der Waals surface area contributed by atoms with E-state index in [1.807, 2.05) is 0 Å². The predicted molar refractivity (Wildman–Crippen MR) is 55.8 cm³/mol. The Labute approximate surface area is 81.0 Å². The van der Waals surface area contributed by atoms with Crippen LogP contribution in [0.25, 0.3) is 0 Å². The fourth-order valence-corrected chi connectivity index (χ4v) is 2.54. The van der Waals surface area contributed by atoms with Crippen LogP contribution in [0.2, 0.25) is 0 Å². The molecular weight excluding hydrogens is 160 g/mol. The lowest BCUT2D eigenvalue weighted by Gasteiger charge is -2.24. The first-order valence-corrected chi connectivity index (χ1v) is 5.47. The van der Waals surface area contributed by atoms with Gasteiger partial charge >= 0.3 is 0 Å². The number of hydrogen-bond donors (Lipinski definition) is 1. The van der Waals surface area contributed by atoms with Crippen molar-refractivity contribution in [2.75, 3.05) is 26.2 Å². The Hall–Kier alpha value is -0.340. The van der Waals surface area contributed by atoms with Crippen LogP contribution in [0.5, 0.6) is 0 Å². The second-order valence-corrected chi connectivity index (χ2v) is 4.25. The molecule has 2 rings (SSSR count). The van der Waals surface area contributed by atoms with Crippen molar-refractivity contribution in [2.45, 2.75) is 25.8 Å². The van der Waals surface area contributed by atoms with Crippen LogP contribution in [0.15, 0.2) is 12.2 Å². The van der Waals surface area contributed by atoms with Gasteiger partial charge in [0.2, 0.25) is 0 Å². The van der Waals surface area contributed by atoms with E-state index in [4.69, 9.17) is 0 Å². The molecule has 13 heavy (non-hydrogen) atoms. The molecule has 0 aromatic rings. The van der Waals surface area contributed by atoms with E-state index in [1.165, 1.54) is 32.5 Å². The highest BCUT2D eigenvalue weighted by molar-refractivity contribution is 4.94. The van der Waals surface area contributed by atoms with Gasteiger partial charge in [0.1, 0.15) is 0 Å². The summed E-state index contributed by atoms with van der Waals surface area (Å²) >= 11 is 0. The molecule has 2 saturated heterocycles. The van der Waals surface area contributed by atoms with Crippen molar-refractivity contribution < 1.29 is 0 Å². The van der Waals surface area contributed by atoms with Crippen LogP contribution in [0.4, 0.5) is 0 Å². The molecule has 2 aliphatic rings. The highest BCUT2D eigenvalue weighted by Crippen LogP contribution is 2.24. The fraction of sp³-hybridized carbons (Fsp3) is 0.818. The van der Waals surface area contributed by atoms with Crippen molar-refractivity contribution in [3.63, 3.8) is 0 Å². The summed E-state index contributed by atoms with van der Waals surface area (Å²) in [6.45, 7) is 7.04. The molecule has 2 nitrogen and oxygen atoms in total. The van der Waals surface area contributed by atoms with E-state index in [9.17, 15) is 0 Å². The third kappa shape index (κ3) is 2.12. The Balaban J connectivity index is 1.84. The van der Waals surface area contributed by atoms with Crippen LogP contribution in [-0.2, 0) is 0 Å². The van der Waals surface area contributed by atoms with E-state index in [2.05, 4.69) is 29.3 Å². The average molecular weight is 180 g/mol. The van der Waals surface area contributed by atoms with Gasteiger partial charge in [-0.15, -0.1) is 0 Å². The molecule has 2 unspecified atom stereocenters. The molecule has 0 spiro atoms. The summed E-state index contributed by atoms with van der Waals surface area (Å²) in [6, 6.07) is 0.791. The smallest absolute Gasteiger partial charge is 0.0235 e. The molecule has 2 heteroatoms. The minimum atomic E-state index is 0.791. The minimum Gasteiger partial charge on any atom is -0.312 e. The number of likely N-dealkylation sites (tertiary alicyclic amines) is 1. The Bertz CT molecular complexity index is 175. The van der Waals surface area contributed by atoms with Crippen molar-refractivity contribution in [1.29, 1.82) is 0 Å². The number of nitrogens with zero attached hydrogens (tertiary/aromatic N) is 1. The second-order valence-electron chi connectivity index (χ2n) is 4.25. The quantitative estimate of drug-likeness (QED) is 0.643. The van der Waals surface area contributed by atoms with Crippen LogP contribution in [0, 0.1) is 5.92 Å². The van der Waals surface area contributed by atoms with E-state index in [1.54, 1.807) is 0 Å². The molecule has 0 amide bonds. The highest BCUT2D eigenvalue weighted by Gasteiger charge is 2.33. The molecule has 0 bridgehead atoms. The predicted octanol–water partition coefficient (Wildman–Crippen LogP) is 1.25. The van der Waals surface area contributed by atoms with Gasteiger partial charge < -0.3 is 5.32 Å². The first kappa shape index (κ1) is 9.22. The molecule has 2 aliphatic heterocycles. The van der Waals surface area contributed by atoms with Crippen molar-refractivity contribution in [3.8, 4) is 0 Å². The number of allylic oxidation sites excluding steroid dienone is 1. The van der Waals surface area contributed by atoms with Crippen molar-refractivity contribution >= 4 is 0 Å². The highest BCUT2D eigenvalue weighted by atomic mass is 15.2. The fourth-order valence-electron chi connectivity index (χ4n) is 2.54. The maximum Gasteiger partial charge on any atom is 0.0235 e. The van der Waals surface area contributed by atoms with Crippen molar-refractivity contribution in [1.82, 2.24) is 10.2 Å². The van der Waals surface area contributed by atoms with Gasteiger partial charge in [-0.25, -0.2) is 0 Å². The normalized spacial score (nSPS) is 35.5. The number of hydrogen-bond acceptors (Lipinski definition) is 2. The zero-order valence-corrected chi connectivity index (χ0v) is 8.50.